The van der Waals surface area contributed by atoms with Crippen LogP contribution in [0.3, 0.4) is 0 Å². The summed E-state index contributed by atoms with van der Waals surface area (Å²) in [6, 6.07) is 8.61. The van der Waals surface area contributed by atoms with Crippen LogP contribution >= 0.6 is 0 Å². The molecule has 17 heavy (non-hydrogen) atoms. The zero-order valence-corrected chi connectivity index (χ0v) is 9.15. The summed E-state index contributed by atoms with van der Waals surface area (Å²) in [6.45, 7) is 0.0296. The first-order valence-electron chi connectivity index (χ1n) is 5.40. The van der Waals surface area contributed by atoms with Crippen molar-refractivity contribution in [2.75, 3.05) is 6.61 Å². The van der Waals surface area contributed by atoms with Gasteiger partial charge in [-0.05, 0) is 12.1 Å². The first-order valence-corrected chi connectivity index (χ1v) is 5.40. The monoisotopic (exact) mass is 238 g/mol. The maximum atomic E-state index is 11.6. The first kappa shape index (κ1) is 12.0. The lowest BCUT2D eigenvalue weighted by Crippen LogP contribution is -2.20. The van der Waals surface area contributed by atoms with Crippen molar-refractivity contribution in [3.63, 3.8) is 0 Å². The van der Waals surface area contributed by atoms with E-state index >= 15 is 0 Å². The lowest BCUT2D eigenvalue weighted by molar-refractivity contribution is -0.133. The number of esters is 1. The van der Waals surface area contributed by atoms with Crippen molar-refractivity contribution in [3.05, 3.63) is 35.9 Å². The molecule has 0 aliphatic carbocycles. The molecule has 3 unspecified atom stereocenters. The Hall–Kier alpha value is -1.43. The second kappa shape index (κ2) is 5.27. The predicted octanol–water partition coefficient (Wildman–Crippen LogP) is 0.312. The quantitative estimate of drug-likeness (QED) is 0.741. The maximum absolute atomic E-state index is 11.6. The third-order valence-corrected chi connectivity index (χ3v) is 2.58. The average molecular weight is 238 g/mol. The lowest BCUT2D eigenvalue weighted by Gasteiger charge is -2.10. The summed E-state index contributed by atoms with van der Waals surface area (Å²) >= 11 is 0. The van der Waals surface area contributed by atoms with Crippen molar-refractivity contribution in [2.24, 2.45) is 0 Å². The summed E-state index contributed by atoms with van der Waals surface area (Å²) in [7, 11) is 0. The van der Waals surface area contributed by atoms with Gasteiger partial charge in [0.15, 0.2) is 6.29 Å². The van der Waals surface area contributed by atoms with Crippen LogP contribution in [0.1, 0.15) is 16.8 Å². The van der Waals surface area contributed by atoms with Crippen LogP contribution in [0.4, 0.5) is 0 Å². The van der Waals surface area contributed by atoms with Crippen LogP contribution in [0.25, 0.3) is 0 Å². The number of aliphatic hydroxyl groups is 2. The maximum Gasteiger partial charge on any atom is 0.338 e. The summed E-state index contributed by atoms with van der Waals surface area (Å²) < 4.78 is 10.0. The van der Waals surface area contributed by atoms with E-state index in [0.717, 1.165) is 0 Å². The number of benzene rings is 1. The largest absolute Gasteiger partial charge is 0.459 e. The van der Waals surface area contributed by atoms with E-state index in [0.29, 0.717) is 5.56 Å². The minimum Gasteiger partial charge on any atom is -0.459 e. The molecule has 0 radical (unpaired) electrons. The van der Waals surface area contributed by atoms with E-state index in [1.807, 2.05) is 6.07 Å². The number of ether oxygens (including phenoxy) is 2. The Morgan fingerprint density at radius 2 is 2.06 bits per heavy atom. The molecule has 0 bridgehead atoms. The third-order valence-electron chi connectivity index (χ3n) is 2.58. The molecule has 0 amide bonds. The Kier molecular flexibility index (Phi) is 3.73. The van der Waals surface area contributed by atoms with Crippen LogP contribution in [0.5, 0.6) is 0 Å². The molecule has 1 saturated heterocycles. The highest BCUT2D eigenvalue weighted by Gasteiger charge is 2.33. The van der Waals surface area contributed by atoms with Gasteiger partial charge in [-0.3, -0.25) is 0 Å². The van der Waals surface area contributed by atoms with E-state index < -0.39 is 24.5 Å². The first-order chi connectivity index (χ1) is 8.16. The molecule has 1 fully saturated rings. The number of hydrogen-bond donors (Lipinski definition) is 2. The molecule has 1 aliphatic rings. The van der Waals surface area contributed by atoms with Crippen LogP contribution in [0.15, 0.2) is 30.3 Å². The van der Waals surface area contributed by atoms with Crippen molar-refractivity contribution < 1.29 is 24.5 Å². The molecular formula is C12H14O5. The molecule has 3 atom stereocenters. The fraction of sp³-hybridized carbons (Fsp3) is 0.417. The molecule has 2 rings (SSSR count). The fourth-order valence-electron chi connectivity index (χ4n) is 1.66. The van der Waals surface area contributed by atoms with Gasteiger partial charge in [0.05, 0.1) is 11.7 Å². The lowest BCUT2D eigenvalue weighted by atomic mass is 10.2. The van der Waals surface area contributed by atoms with Gasteiger partial charge in [-0.15, -0.1) is 0 Å². The van der Waals surface area contributed by atoms with Gasteiger partial charge in [0, 0.05) is 6.42 Å². The summed E-state index contributed by atoms with van der Waals surface area (Å²) in [5.41, 5.74) is 0.464. The van der Waals surface area contributed by atoms with Crippen molar-refractivity contribution in [3.8, 4) is 0 Å². The summed E-state index contributed by atoms with van der Waals surface area (Å²) in [4.78, 5) is 11.6. The Morgan fingerprint density at radius 1 is 1.35 bits per heavy atom. The van der Waals surface area contributed by atoms with E-state index in [4.69, 9.17) is 14.6 Å². The normalized spacial score (nSPS) is 28.0. The highest BCUT2D eigenvalue weighted by atomic mass is 16.6. The Balaban J connectivity index is 1.81. The van der Waals surface area contributed by atoms with Gasteiger partial charge < -0.3 is 19.7 Å². The zero-order chi connectivity index (χ0) is 12.3. The molecule has 2 N–H and O–H groups in total. The molecular weight excluding hydrogens is 224 g/mol. The van der Waals surface area contributed by atoms with Crippen LogP contribution in [-0.2, 0) is 9.47 Å². The van der Waals surface area contributed by atoms with Gasteiger partial charge in [0.2, 0.25) is 0 Å². The summed E-state index contributed by atoms with van der Waals surface area (Å²) in [6.07, 6.45) is -2.28. The molecule has 1 aliphatic heterocycles. The van der Waals surface area contributed by atoms with Crippen LogP contribution in [0.2, 0.25) is 0 Å². The second-order valence-electron chi connectivity index (χ2n) is 3.92. The van der Waals surface area contributed by atoms with Crippen molar-refractivity contribution in [2.45, 2.75) is 24.9 Å². The molecule has 0 saturated carbocycles. The van der Waals surface area contributed by atoms with Gasteiger partial charge >= 0.3 is 5.97 Å². The van der Waals surface area contributed by atoms with Gasteiger partial charge in [-0.2, -0.15) is 0 Å². The number of carbonyl (C=O) groups is 1. The summed E-state index contributed by atoms with van der Waals surface area (Å²) in [5.74, 6) is -0.440. The highest BCUT2D eigenvalue weighted by molar-refractivity contribution is 5.89. The fourth-order valence-corrected chi connectivity index (χ4v) is 1.66. The topological polar surface area (TPSA) is 76.0 Å². The third kappa shape index (κ3) is 3.03. The van der Waals surface area contributed by atoms with Gasteiger partial charge in [0.25, 0.3) is 0 Å². The van der Waals surface area contributed by atoms with Gasteiger partial charge in [-0.1, -0.05) is 18.2 Å². The van der Waals surface area contributed by atoms with E-state index in [1.165, 1.54) is 0 Å². The van der Waals surface area contributed by atoms with Crippen molar-refractivity contribution in [1.29, 1.82) is 0 Å². The number of hydrogen-bond acceptors (Lipinski definition) is 5. The van der Waals surface area contributed by atoms with E-state index in [-0.39, 0.29) is 13.0 Å². The molecule has 92 valence electrons. The van der Waals surface area contributed by atoms with E-state index in [1.54, 1.807) is 24.3 Å². The number of aliphatic hydroxyl groups excluding tert-OH is 2. The van der Waals surface area contributed by atoms with Crippen molar-refractivity contribution >= 4 is 5.97 Å². The molecule has 1 aromatic rings. The van der Waals surface area contributed by atoms with Gasteiger partial charge in [0.1, 0.15) is 12.7 Å². The highest BCUT2D eigenvalue weighted by Crippen LogP contribution is 2.19. The molecule has 0 spiro atoms. The van der Waals surface area contributed by atoms with Crippen LogP contribution in [-0.4, -0.2) is 41.3 Å². The number of carbonyl (C=O) groups excluding carboxylic acids is 1. The SMILES string of the molecule is O=C(OCC1CC(O)C(O)O1)c1ccccc1. The molecule has 1 heterocycles. The van der Waals surface area contributed by atoms with Crippen LogP contribution in [0, 0.1) is 0 Å². The van der Waals surface area contributed by atoms with Gasteiger partial charge in [-0.25, -0.2) is 4.79 Å². The second-order valence-corrected chi connectivity index (χ2v) is 3.92. The standard InChI is InChI=1S/C12H14O5/c13-10-6-9(17-12(10)15)7-16-11(14)8-4-2-1-3-5-8/h1-5,9-10,12-13,15H,6-7H2. The van der Waals surface area contributed by atoms with E-state index in [2.05, 4.69) is 0 Å². The Morgan fingerprint density at radius 3 is 2.65 bits per heavy atom. The molecule has 5 nitrogen and oxygen atoms in total. The van der Waals surface area contributed by atoms with Crippen LogP contribution < -0.4 is 0 Å². The summed E-state index contributed by atoms with van der Waals surface area (Å²) in [5, 5.41) is 18.4. The minimum atomic E-state index is -1.18. The average Bonchev–Trinajstić information content (AvgIpc) is 2.67. The smallest absolute Gasteiger partial charge is 0.338 e. The molecule has 0 aromatic heterocycles. The molecule has 5 heteroatoms. The molecule has 1 aromatic carbocycles. The Bertz CT molecular complexity index is 368. The minimum absolute atomic E-state index is 0.0296. The Labute approximate surface area is 98.6 Å². The van der Waals surface area contributed by atoms with Crippen molar-refractivity contribution in [1.82, 2.24) is 0 Å². The zero-order valence-electron chi connectivity index (χ0n) is 9.15. The number of rotatable bonds is 3. The van der Waals surface area contributed by atoms with E-state index in [9.17, 15) is 9.90 Å². The predicted molar refractivity (Wildman–Crippen MR) is 58.2 cm³/mol.